The SMILES string of the molecule is O=C(NCc1ccccc1)N1CCCC1c1ccc(Cl)cc1. The molecule has 3 nitrogen and oxygen atoms in total. The first-order valence-corrected chi connectivity index (χ1v) is 7.96. The Hall–Kier alpha value is -2.00. The number of urea groups is 1. The van der Waals surface area contributed by atoms with Gasteiger partial charge in [0.15, 0.2) is 0 Å². The fourth-order valence-corrected chi connectivity index (χ4v) is 3.04. The molecule has 114 valence electrons. The van der Waals surface area contributed by atoms with Gasteiger partial charge >= 0.3 is 6.03 Å². The molecule has 22 heavy (non-hydrogen) atoms. The van der Waals surface area contributed by atoms with Crippen LogP contribution in [-0.4, -0.2) is 17.5 Å². The van der Waals surface area contributed by atoms with Gasteiger partial charge in [0.1, 0.15) is 0 Å². The van der Waals surface area contributed by atoms with Gasteiger partial charge in [-0.1, -0.05) is 54.1 Å². The van der Waals surface area contributed by atoms with Gasteiger partial charge in [0.2, 0.25) is 0 Å². The highest BCUT2D eigenvalue weighted by Gasteiger charge is 2.29. The fraction of sp³-hybridized carbons (Fsp3) is 0.278. The number of nitrogens with zero attached hydrogens (tertiary/aromatic N) is 1. The van der Waals surface area contributed by atoms with Crippen LogP contribution in [-0.2, 0) is 6.54 Å². The Morgan fingerprint density at radius 3 is 2.59 bits per heavy atom. The highest BCUT2D eigenvalue weighted by Crippen LogP contribution is 2.32. The van der Waals surface area contributed by atoms with Crippen molar-refractivity contribution in [1.82, 2.24) is 10.2 Å². The average Bonchev–Trinajstić information content (AvgIpc) is 3.04. The molecule has 1 saturated heterocycles. The van der Waals surface area contributed by atoms with Crippen molar-refractivity contribution in [2.75, 3.05) is 6.54 Å². The van der Waals surface area contributed by atoms with Crippen LogP contribution in [0.5, 0.6) is 0 Å². The largest absolute Gasteiger partial charge is 0.334 e. The highest BCUT2D eigenvalue weighted by molar-refractivity contribution is 6.30. The van der Waals surface area contributed by atoms with Gasteiger partial charge in [0, 0.05) is 18.1 Å². The summed E-state index contributed by atoms with van der Waals surface area (Å²) in [5, 5.41) is 3.74. The molecule has 2 amide bonds. The molecule has 1 fully saturated rings. The second-order valence-electron chi connectivity index (χ2n) is 5.55. The third-order valence-electron chi connectivity index (χ3n) is 4.06. The van der Waals surface area contributed by atoms with Crippen molar-refractivity contribution in [2.45, 2.75) is 25.4 Å². The molecule has 0 aliphatic carbocycles. The number of carbonyl (C=O) groups is 1. The molecule has 1 unspecified atom stereocenters. The summed E-state index contributed by atoms with van der Waals surface area (Å²) in [4.78, 5) is 14.4. The summed E-state index contributed by atoms with van der Waals surface area (Å²) in [6, 6.07) is 17.9. The minimum Gasteiger partial charge on any atom is -0.334 e. The topological polar surface area (TPSA) is 32.3 Å². The Morgan fingerprint density at radius 1 is 1.14 bits per heavy atom. The van der Waals surface area contributed by atoms with Crippen LogP contribution in [0.25, 0.3) is 0 Å². The van der Waals surface area contributed by atoms with E-state index >= 15 is 0 Å². The Kier molecular flexibility index (Phi) is 4.64. The van der Waals surface area contributed by atoms with E-state index in [1.54, 1.807) is 0 Å². The summed E-state index contributed by atoms with van der Waals surface area (Å²) in [5.74, 6) is 0. The van der Waals surface area contributed by atoms with Crippen LogP contribution >= 0.6 is 11.6 Å². The monoisotopic (exact) mass is 314 g/mol. The van der Waals surface area contributed by atoms with Crippen molar-refractivity contribution in [3.63, 3.8) is 0 Å². The Bertz CT molecular complexity index is 627. The van der Waals surface area contributed by atoms with Crippen LogP contribution in [0.1, 0.15) is 30.0 Å². The summed E-state index contributed by atoms with van der Waals surface area (Å²) in [7, 11) is 0. The van der Waals surface area contributed by atoms with Gasteiger partial charge in [-0.3, -0.25) is 0 Å². The fourth-order valence-electron chi connectivity index (χ4n) is 2.92. The first-order valence-electron chi connectivity index (χ1n) is 7.58. The van der Waals surface area contributed by atoms with E-state index in [0.717, 1.165) is 35.5 Å². The van der Waals surface area contributed by atoms with Crippen LogP contribution in [0, 0.1) is 0 Å². The number of carbonyl (C=O) groups excluding carboxylic acids is 1. The van der Waals surface area contributed by atoms with Gasteiger partial charge in [0.05, 0.1) is 6.04 Å². The molecule has 1 N–H and O–H groups in total. The molecular weight excluding hydrogens is 296 g/mol. The standard InChI is InChI=1S/C18H19ClN2O/c19-16-10-8-15(9-11-16)17-7-4-12-21(17)18(22)20-13-14-5-2-1-3-6-14/h1-3,5-6,8-11,17H,4,7,12-13H2,(H,20,22). The maximum absolute atomic E-state index is 12.5. The molecule has 1 aliphatic rings. The third-order valence-corrected chi connectivity index (χ3v) is 4.31. The molecule has 3 rings (SSSR count). The number of halogens is 1. The predicted molar refractivity (Wildman–Crippen MR) is 88.8 cm³/mol. The number of likely N-dealkylation sites (tertiary alicyclic amines) is 1. The van der Waals surface area contributed by atoms with Gasteiger partial charge in [-0.2, -0.15) is 0 Å². The lowest BCUT2D eigenvalue weighted by molar-refractivity contribution is 0.192. The minimum absolute atomic E-state index is 0.00121. The molecule has 0 bridgehead atoms. The third kappa shape index (κ3) is 3.42. The maximum Gasteiger partial charge on any atom is 0.318 e. The molecule has 4 heteroatoms. The van der Waals surface area contributed by atoms with Crippen molar-refractivity contribution >= 4 is 17.6 Å². The predicted octanol–water partition coefficient (Wildman–Crippen LogP) is 4.39. The highest BCUT2D eigenvalue weighted by atomic mass is 35.5. The molecule has 1 atom stereocenters. The van der Waals surface area contributed by atoms with Crippen LogP contribution in [0.15, 0.2) is 54.6 Å². The first kappa shape index (κ1) is 14.9. The van der Waals surface area contributed by atoms with Gasteiger partial charge in [-0.25, -0.2) is 4.79 Å². The van der Waals surface area contributed by atoms with E-state index < -0.39 is 0 Å². The van der Waals surface area contributed by atoms with E-state index in [1.165, 1.54) is 0 Å². The smallest absolute Gasteiger partial charge is 0.318 e. The van der Waals surface area contributed by atoms with E-state index in [4.69, 9.17) is 11.6 Å². The number of amides is 2. The molecular formula is C18H19ClN2O. The number of hydrogen-bond acceptors (Lipinski definition) is 1. The molecule has 0 aromatic heterocycles. The zero-order valence-corrected chi connectivity index (χ0v) is 13.1. The van der Waals surface area contributed by atoms with Crippen LogP contribution in [0.3, 0.4) is 0 Å². The quantitative estimate of drug-likeness (QED) is 0.895. The van der Waals surface area contributed by atoms with E-state index in [-0.39, 0.29) is 12.1 Å². The van der Waals surface area contributed by atoms with Crippen LogP contribution < -0.4 is 5.32 Å². The number of nitrogens with one attached hydrogen (secondary N) is 1. The van der Waals surface area contributed by atoms with E-state index in [2.05, 4.69) is 5.32 Å². The Morgan fingerprint density at radius 2 is 1.86 bits per heavy atom. The van der Waals surface area contributed by atoms with Crippen molar-refractivity contribution in [3.05, 3.63) is 70.7 Å². The second kappa shape index (κ2) is 6.84. The van der Waals surface area contributed by atoms with Gasteiger partial charge in [0.25, 0.3) is 0 Å². The molecule has 1 heterocycles. The average molecular weight is 315 g/mol. The number of hydrogen-bond donors (Lipinski definition) is 1. The first-order chi connectivity index (χ1) is 10.7. The van der Waals surface area contributed by atoms with Crippen molar-refractivity contribution in [3.8, 4) is 0 Å². The number of benzene rings is 2. The van der Waals surface area contributed by atoms with E-state index in [0.29, 0.717) is 6.54 Å². The van der Waals surface area contributed by atoms with Gasteiger partial charge in [-0.05, 0) is 36.1 Å². The molecule has 2 aromatic carbocycles. The van der Waals surface area contributed by atoms with Crippen molar-refractivity contribution in [1.29, 1.82) is 0 Å². The summed E-state index contributed by atoms with van der Waals surface area (Å²) in [6.45, 7) is 1.36. The molecule has 2 aromatic rings. The van der Waals surface area contributed by atoms with Crippen molar-refractivity contribution in [2.24, 2.45) is 0 Å². The summed E-state index contributed by atoms with van der Waals surface area (Å²) >= 11 is 5.94. The van der Waals surface area contributed by atoms with Gasteiger partial charge in [-0.15, -0.1) is 0 Å². The van der Waals surface area contributed by atoms with Crippen LogP contribution in [0.4, 0.5) is 4.79 Å². The Balaban J connectivity index is 1.65. The second-order valence-corrected chi connectivity index (χ2v) is 5.98. The molecule has 0 saturated carbocycles. The maximum atomic E-state index is 12.5. The zero-order chi connectivity index (χ0) is 15.4. The molecule has 0 radical (unpaired) electrons. The van der Waals surface area contributed by atoms with Crippen LogP contribution in [0.2, 0.25) is 5.02 Å². The van der Waals surface area contributed by atoms with Crippen molar-refractivity contribution < 1.29 is 4.79 Å². The van der Waals surface area contributed by atoms with E-state index in [1.807, 2.05) is 59.5 Å². The minimum atomic E-state index is 0.00121. The summed E-state index contributed by atoms with van der Waals surface area (Å²) in [5.41, 5.74) is 2.26. The lowest BCUT2D eigenvalue weighted by Crippen LogP contribution is -2.39. The molecule has 0 spiro atoms. The normalized spacial score (nSPS) is 17.5. The lowest BCUT2D eigenvalue weighted by Gasteiger charge is -2.25. The molecule has 1 aliphatic heterocycles. The Labute approximate surface area is 135 Å². The number of rotatable bonds is 3. The van der Waals surface area contributed by atoms with Gasteiger partial charge < -0.3 is 10.2 Å². The summed E-state index contributed by atoms with van der Waals surface area (Å²) in [6.07, 6.45) is 2.03. The van der Waals surface area contributed by atoms with E-state index in [9.17, 15) is 4.79 Å². The summed E-state index contributed by atoms with van der Waals surface area (Å²) < 4.78 is 0. The zero-order valence-electron chi connectivity index (χ0n) is 12.3. The lowest BCUT2D eigenvalue weighted by atomic mass is 10.1.